The summed E-state index contributed by atoms with van der Waals surface area (Å²) in [6.45, 7) is 4.47. The number of nitrogens with two attached hydrogens (primary N) is 3. The van der Waals surface area contributed by atoms with Gasteiger partial charge in [0.2, 0.25) is 82.7 Å². The number of carbonyl (C=O) groups is 19. The molecular weight excluding hydrogens is 1490 g/mol. The third kappa shape index (κ3) is 34.8. The van der Waals surface area contributed by atoms with E-state index in [1.807, 2.05) is 10.6 Å². The van der Waals surface area contributed by atoms with Crippen LogP contribution in [0.25, 0.3) is 10.9 Å². The monoisotopic (exact) mass is 1600 g/mol. The van der Waals surface area contributed by atoms with Gasteiger partial charge in [0, 0.05) is 36.4 Å². The highest BCUT2D eigenvalue weighted by Gasteiger charge is 2.41. The van der Waals surface area contributed by atoms with Crippen LogP contribution in [0.15, 0.2) is 30.5 Å². The van der Waals surface area contributed by atoms with Crippen molar-refractivity contribution in [2.24, 2.45) is 29.0 Å². The zero-order valence-corrected chi connectivity index (χ0v) is 63.8. The molecule has 113 heavy (non-hydrogen) atoms. The second kappa shape index (κ2) is 49.7. The Labute approximate surface area is 650 Å². The highest BCUT2D eigenvalue weighted by Crippen LogP contribution is 2.21. The van der Waals surface area contributed by atoms with Crippen LogP contribution in [-0.4, -0.2) is 248 Å². The summed E-state index contributed by atoms with van der Waals surface area (Å²) in [6.07, 6.45) is -2.47. The number of aliphatic hydroxyl groups is 1. The molecule has 3 rings (SSSR count). The van der Waals surface area contributed by atoms with Crippen molar-refractivity contribution in [3.05, 3.63) is 36.0 Å². The number of rotatable bonds is 38. The van der Waals surface area contributed by atoms with Gasteiger partial charge in [-0.05, 0) is 88.4 Å². The minimum Gasteiger partial charge on any atom is -0.481 e. The minimum atomic E-state index is -2.32. The van der Waals surface area contributed by atoms with Gasteiger partial charge >= 0.3 is 29.8 Å². The fraction of sp³-hybridized carbons (Fsp3) is 0.620. The van der Waals surface area contributed by atoms with Crippen LogP contribution in [0.3, 0.4) is 0 Å². The maximum absolute atomic E-state index is 14.7. The quantitative estimate of drug-likeness (QED) is 0.0221. The number of esters is 1. The van der Waals surface area contributed by atoms with E-state index in [-0.39, 0.29) is 64.5 Å². The summed E-state index contributed by atoms with van der Waals surface area (Å²) in [4.78, 5) is 262. The van der Waals surface area contributed by atoms with Crippen LogP contribution in [0.1, 0.15) is 162 Å². The van der Waals surface area contributed by atoms with Gasteiger partial charge in [0.25, 0.3) is 0 Å². The number of hydrogen-bond donors (Lipinski definition) is 22. The Balaban J connectivity index is 2.22. The second-order valence-electron chi connectivity index (χ2n) is 27.5. The molecule has 14 unspecified atom stereocenters. The molecule has 42 nitrogen and oxygen atoms in total. The molecule has 25 N–H and O–H groups in total. The van der Waals surface area contributed by atoms with Crippen molar-refractivity contribution in [1.29, 1.82) is 0 Å². The number of benzene rings is 1. The topological polar surface area (TPSA) is 685 Å². The Morgan fingerprint density at radius 2 is 1.04 bits per heavy atom. The Morgan fingerprint density at radius 3 is 1.61 bits per heavy atom. The van der Waals surface area contributed by atoms with E-state index in [9.17, 15) is 117 Å². The third-order valence-corrected chi connectivity index (χ3v) is 18.4. The van der Waals surface area contributed by atoms with Gasteiger partial charge < -0.3 is 122 Å². The molecule has 1 aliphatic heterocycles. The number of primary amides is 1. The molecule has 0 bridgehead atoms. The number of aromatic nitrogens is 1. The van der Waals surface area contributed by atoms with Crippen molar-refractivity contribution in [2.75, 3.05) is 32.8 Å². The van der Waals surface area contributed by atoms with Crippen molar-refractivity contribution in [3.63, 3.8) is 0 Å². The average molecular weight is 1600 g/mol. The molecule has 1 fully saturated rings. The van der Waals surface area contributed by atoms with Crippen LogP contribution in [-0.2, 0) is 102 Å². The van der Waals surface area contributed by atoms with Crippen molar-refractivity contribution < 1.29 is 121 Å². The minimum absolute atomic E-state index is 0.00220. The third-order valence-electron chi connectivity index (χ3n) is 18.4. The Kier molecular flexibility index (Phi) is 42.2. The molecule has 1 aromatic heterocycles. The van der Waals surface area contributed by atoms with Crippen LogP contribution >= 0.6 is 0 Å². The number of nitrogens with one attached hydrogen (secondary N) is 14. The van der Waals surface area contributed by atoms with Crippen molar-refractivity contribution >= 4 is 123 Å². The van der Waals surface area contributed by atoms with E-state index >= 15 is 0 Å². The van der Waals surface area contributed by atoms with Crippen molar-refractivity contribution in [2.45, 2.75) is 236 Å². The number of para-hydroxylation sites is 1. The SMILES string of the molecule is CCC(C)CCCCCCC(=O)NC(Cc1c[nH]c2ccccc12)C(=O)NC(CC(N)=O)C(=O)NC(CC(=O)O)C(=O)NC1C(=O)NCC(=O)NC(CCCN)C(=O)NC(CC(=O)O)C(=O)NC(CCCCN)C(=O)NC(CC(=O)O)C(=O)NCC(=O)NC(CO)C(=O)NC(CCC(=O)O)C(=O)NC(C(C)CC)C(=O)OC1C. The second-order valence-corrected chi connectivity index (χ2v) is 27.5. The maximum atomic E-state index is 14.7. The summed E-state index contributed by atoms with van der Waals surface area (Å²) in [5.41, 5.74) is 18.2. The number of aromatic amines is 1. The fourth-order valence-corrected chi connectivity index (χ4v) is 11.6. The molecular formula is C71H109N17O25. The molecule has 1 aromatic carbocycles. The summed E-state index contributed by atoms with van der Waals surface area (Å²) < 4.78 is 5.72. The summed E-state index contributed by atoms with van der Waals surface area (Å²) in [6, 6.07) is -14.5. The summed E-state index contributed by atoms with van der Waals surface area (Å²) >= 11 is 0. The number of H-pyrrole nitrogens is 1. The van der Waals surface area contributed by atoms with E-state index in [0.717, 1.165) is 32.6 Å². The number of carboxylic acids is 4. The first kappa shape index (κ1) is 95.8. The fourth-order valence-electron chi connectivity index (χ4n) is 11.6. The maximum Gasteiger partial charge on any atom is 0.329 e. The molecule has 0 aliphatic carbocycles. The summed E-state index contributed by atoms with van der Waals surface area (Å²) in [7, 11) is 0. The van der Waals surface area contributed by atoms with Crippen LogP contribution in [0, 0.1) is 11.8 Å². The number of cyclic esters (lactones) is 1. The number of unbranched alkanes of at least 4 members (excludes halogenated alkanes) is 4. The van der Waals surface area contributed by atoms with Gasteiger partial charge in [-0.15, -0.1) is 0 Å². The van der Waals surface area contributed by atoms with Gasteiger partial charge in [0.05, 0.1) is 45.4 Å². The van der Waals surface area contributed by atoms with Gasteiger partial charge in [-0.1, -0.05) is 84.4 Å². The number of aliphatic carboxylic acids is 4. The first-order valence-corrected chi connectivity index (χ1v) is 37.2. The summed E-state index contributed by atoms with van der Waals surface area (Å²) in [5.74, 6) is -26.3. The number of aliphatic hydroxyl groups excluding tert-OH is 1. The van der Waals surface area contributed by atoms with Crippen LogP contribution in [0.2, 0.25) is 0 Å². The van der Waals surface area contributed by atoms with Gasteiger partial charge in [-0.3, -0.25) is 86.3 Å². The molecule has 1 aliphatic rings. The van der Waals surface area contributed by atoms with Crippen molar-refractivity contribution in [1.82, 2.24) is 74.1 Å². The van der Waals surface area contributed by atoms with Gasteiger partial charge in [0.1, 0.15) is 72.6 Å². The van der Waals surface area contributed by atoms with E-state index in [4.69, 9.17) is 21.9 Å². The Bertz CT molecular complexity index is 3670. The van der Waals surface area contributed by atoms with E-state index in [1.165, 1.54) is 13.8 Å². The first-order chi connectivity index (χ1) is 53.4. The lowest BCUT2D eigenvalue weighted by molar-refractivity contribution is -0.157. The molecule has 2 heterocycles. The number of hydrogen-bond acceptors (Lipinski definition) is 23. The molecule has 14 amide bonds. The molecule has 14 atom stereocenters. The summed E-state index contributed by atoms with van der Waals surface area (Å²) in [5, 5.41) is 79.4. The average Bonchev–Trinajstić information content (AvgIpc) is 1.74. The van der Waals surface area contributed by atoms with Crippen LogP contribution < -0.4 is 86.3 Å². The molecule has 0 spiro atoms. The molecule has 1 saturated heterocycles. The highest BCUT2D eigenvalue weighted by molar-refractivity contribution is 6.02. The number of carbonyl (C=O) groups excluding carboxylic acids is 15. The molecule has 0 saturated carbocycles. The molecule has 42 heteroatoms. The largest absolute Gasteiger partial charge is 0.481 e. The first-order valence-electron chi connectivity index (χ1n) is 37.2. The van der Waals surface area contributed by atoms with E-state index in [2.05, 4.69) is 77.3 Å². The molecule has 2 aromatic rings. The normalized spacial score (nSPS) is 21.7. The predicted molar refractivity (Wildman–Crippen MR) is 397 cm³/mol. The lowest BCUT2D eigenvalue weighted by Crippen LogP contribution is -2.62. The van der Waals surface area contributed by atoms with Crippen LogP contribution in [0.5, 0.6) is 0 Å². The Morgan fingerprint density at radius 1 is 0.531 bits per heavy atom. The number of amides is 14. The van der Waals surface area contributed by atoms with Gasteiger partial charge in [-0.25, -0.2) is 4.79 Å². The molecule has 0 radical (unpaired) electrons. The lowest BCUT2D eigenvalue weighted by atomic mass is 9.98. The van der Waals surface area contributed by atoms with Gasteiger partial charge in [0.15, 0.2) is 0 Å². The zero-order chi connectivity index (χ0) is 84.6. The van der Waals surface area contributed by atoms with E-state index in [0.29, 0.717) is 35.2 Å². The molecule has 628 valence electrons. The van der Waals surface area contributed by atoms with E-state index < -0.39 is 249 Å². The smallest absolute Gasteiger partial charge is 0.329 e. The highest BCUT2D eigenvalue weighted by atomic mass is 16.5. The standard InChI is InChI=1S/C71H109N17O25/c1-6-36(3)17-10-8-9-11-22-52(91)79-45(27-39-32-75-41-19-13-12-18-40(39)41)65(106)83-46(28-51(74)90)66(107)86-49(31-58(100)101)68(109)88-60-38(5)113-71(112)59(37(4)7-2)87-64(105)44(23-24-55(94)95)82-69(110)50(35-89)80-54(93)33-76-61(102)47(29-56(96)97)84-63(104)43(20-14-15-25-72)81-67(108)48(30-57(98)99)85-62(103)42(21-16-26-73)78-53(92)34-77-70(60)111/h12-13,18-19,32,36-38,42-50,59-60,75,89H,6-11,14-17,20-31,33-35,72-73H2,1-5H3,(H2,74,90)(H,76,102)(H,77,111)(H,78,92)(H,79,91)(H,80,93)(H,81,108)(H,82,110)(H,83,106)(H,84,104)(H,85,103)(H,86,107)(H,87,105)(H,88,109)(H,94,95)(H,96,97)(H,98,99)(H,100,101). The number of ether oxygens (including phenoxy) is 1. The number of carboxylic acid groups (broad SMARTS) is 4. The lowest BCUT2D eigenvalue weighted by Gasteiger charge is -2.30. The number of fused-ring (bicyclic) bond motifs is 1. The Hall–Kier alpha value is -11.4. The van der Waals surface area contributed by atoms with Crippen molar-refractivity contribution in [3.8, 4) is 0 Å². The zero-order valence-electron chi connectivity index (χ0n) is 63.8. The van der Waals surface area contributed by atoms with Crippen LogP contribution in [0.4, 0.5) is 0 Å². The van der Waals surface area contributed by atoms with Gasteiger partial charge in [-0.2, -0.15) is 0 Å². The predicted octanol–water partition coefficient (Wildman–Crippen LogP) is -5.32. The van der Waals surface area contributed by atoms with E-state index in [1.54, 1.807) is 30.5 Å².